The summed E-state index contributed by atoms with van der Waals surface area (Å²) < 4.78 is 11.5. The number of anilines is 1. The second-order valence-corrected chi connectivity index (χ2v) is 5.83. The van der Waals surface area contributed by atoms with Crippen molar-refractivity contribution in [3.63, 3.8) is 0 Å². The number of ether oxygens (including phenoxy) is 2. The molecule has 3 rings (SSSR count). The Morgan fingerprint density at radius 3 is 2.64 bits per heavy atom. The number of hydrogen-bond donors (Lipinski definition) is 2. The van der Waals surface area contributed by atoms with Crippen LogP contribution in [0.5, 0.6) is 11.5 Å². The van der Waals surface area contributed by atoms with Crippen molar-refractivity contribution in [2.24, 2.45) is 0 Å². The van der Waals surface area contributed by atoms with Gasteiger partial charge in [-0.15, -0.1) is 5.10 Å². The number of H-pyrrole nitrogens is 1. The number of halogens is 1. The monoisotopic (exact) mass is 402 g/mol. The number of benzene rings is 2. The van der Waals surface area contributed by atoms with Crippen LogP contribution in [0.25, 0.3) is 11.4 Å². The number of amides is 1. The maximum atomic E-state index is 12.0. The molecule has 1 heterocycles. The summed E-state index contributed by atoms with van der Waals surface area (Å²) >= 11 is 3.45. The van der Waals surface area contributed by atoms with E-state index in [1.54, 1.807) is 25.3 Å². The highest BCUT2D eigenvalue weighted by Crippen LogP contribution is 2.26. The highest BCUT2D eigenvalue weighted by Gasteiger charge is 2.12. The highest BCUT2D eigenvalue weighted by atomic mass is 79.9. The van der Waals surface area contributed by atoms with E-state index in [0.29, 0.717) is 17.3 Å². The molecule has 25 heavy (non-hydrogen) atoms. The second-order valence-electron chi connectivity index (χ2n) is 4.98. The zero-order valence-electron chi connectivity index (χ0n) is 13.3. The third kappa shape index (κ3) is 4.16. The van der Waals surface area contributed by atoms with E-state index < -0.39 is 0 Å². The summed E-state index contributed by atoms with van der Waals surface area (Å²) in [7, 11) is 1.54. The largest absolute Gasteiger partial charge is 0.493 e. The summed E-state index contributed by atoms with van der Waals surface area (Å²) in [5.41, 5.74) is 0.848. The van der Waals surface area contributed by atoms with Crippen LogP contribution in [0.2, 0.25) is 0 Å². The Hall–Kier alpha value is -2.87. The van der Waals surface area contributed by atoms with Crippen LogP contribution >= 0.6 is 15.9 Å². The molecular weight excluding hydrogens is 388 g/mol. The van der Waals surface area contributed by atoms with Crippen molar-refractivity contribution in [1.82, 2.24) is 15.2 Å². The second kappa shape index (κ2) is 7.80. The van der Waals surface area contributed by atoms with Crippen LogP contribution in [-0.4, -0.2) is 34.8 Å². The van der Waals surface area contributed by atoms with E-state index in [0.717, 1.165) is 10.0 Å². The van der Waals surface area contributed by atoms with Gasteiger partial charge in [-0.05, 0) is 18.2 Å². The Morgan fingerprint density at radius 2 is 1.88 bits per heavy atom. The number of aromatic amines is 1. The molecule has 1 amide bonds. The van der Waals surface area contributed by atoms with Gasteiger partial charge in [-0.1, -0.05) is 46.3 Å². The third-order valence-corrected chi connectivity index (χ3v) is 3.98. The van der Waals surface area contributed by atoms with Crippen LogP contribution in [0.4, 0.5) is 5.95 Å². The molecule has 1 aromatic heterocycles. The molecule has 8 heteroatoms. The molecule has 0 spiro atoms. The van der Waals surface area contributed by atoms with E-state index in [2.05, 4.69) is 36.4 Å². The van der Waals surface area contributed by atoms with Gasteiger partial charge in [-0.3, -0.25) is 15.2 Å². The minimum atomic E-state index is -0.372. The number of para-hydroxylation sites is 2. The molecule has 0 saturated carbocycles. The van der Waals surface area contributed by atoms with Gasteiger partial charge in [0.05, 0.1) is 7.11 Å². The van der Waals surface area contributed by atoms with Gasteiger partial charge in [-0.25, -0.2) is 0 Å². The third-order valence-electron chi connectivity index (χ3n) is 3.29. The standard InChI is InChI=1S/C17H15BrN4O3/c1-24-13-8-4-5-9-14(13)25-10-15(23)19-17-20-16(21-22-17)11-6-2-3-7-12(11)18/h2-9H,10H2,1H3,(H2,19,20,21,22,23). The molecule has 3 aromatic rings. The first-order valence-electron chi connectivity index (χ1n) is 7.40. The fourth-order valence-corrected chi connectivity index (χ4v) is 2.61. The molecule has 128 valence electrons. The van der Waals surface area contributed by atoms with E-state index >= 15 is 0 Å². The molecule has 0 saturated heterocycles. The highest BCUT2D eigenvalue weighted by molar-refractivity contribution is 9.10. The quantitative estimate of drug-likeness (QED) is 0.660. The van der Waals surface area contributed by atoms with Gasteiger partial charge in [0.2, 0.25) is 5.95 Å². The Bertz CT molecular complexity index is 882. The summed E-state index contributed by atoms with van der Waals surface area (Å²) in [5.74, 6) is 1.41. The predicted octanol–water partition coefficient (Wildman–Crippen LogP) is 3.26. The zero-order chi connectivity index (χ0) is 17.6. The van der Waals surface area contributed by atoms with Crippen LogP contribution in [0.15, 0.2) is 53.0 Å². The average Bonchev–Trinajstić information content (AvgIpc) is 3.08. The van der Waals surface area contributed by atoms with Crippen LogP contribution in [0.1, 0.15) is 0 Å². The van der Waals surface area contributed by atoms with Crippen LogP contribution in [-0.2, 0) is 4.79 Å². The molecule has 0 aliphatic carbocycles. The lowest BCUT2D eigenvalue weighted by Crippen LogP contribution is -2.21. The SMILES string of the molecule is COc1ccccc1OCC(=O)Nc1n[nH]c(-c2ccccc2Br)n1. The van der Waals surface area contributed by atoms with E-state index in [1.165, 1.54) is 0 Å². The molecule has 0 fully saturated rings. The lowest BCUT2D eigenvalue weighted by molar-refractivity contribution is -0.118. The minimum absolute atomic E-state index is 0.180. The average molecular weight is 403 g/mol. The summed E-state index contributed by atoms with van der Waals surface area (Å²) in [5, 5.41) is 9.37. The molecule has 2 N–H and O–H groups in total. The van der Waals surface area contributed by atoms with Gasteiger partial charge in [-0.2, -0.15) is 4.98 Å². The van der Waals surface area contributed by atoms with Crippen molar-refractivity contribution in [3.8, 4) is 22.9 Å². The van der Waals surface area contributed by atoms with Crippen molar-refractivity contribution in [3.05, 3.63) is 53.0 Å². The molecule has 0 unspecified atom stereocenters. The summed E-state index contributed by atoms with van der Waals surface area (Å²) in [6.45, 7) is -0.181. The molecule has 0 bridgehead atoms. The topological polar surface area (TPSA) is 89.1 Å². The smallest absolute Gasteiger partial charge is 0.264 e. The first-order valence-corrected chi connectivity index (χ1v) is 8.19. The molecule has 0 aliphatic rings. The van der Waals surface area contributed by atoms with Crippen molar-refractivity contribution in [1.29, 1.82) is 0 Å². The number of nitrogens with zero attached hydrogens (tertiary/aromatic N) is 2. The Morgan fingerprint density at radius 1 is 1.16 bits per heavy atom. The lowest BCUT2D eigenvalue weighted by atomic mass is 10.2. The maximum absolute atomic E-state index is 12.0. The number of rotatable bonds is 6. The van der Waals surface area contributed by atoms with Gasteiger partial charge in [0.15, 0.2) is 23.9 Å². The fraction of sp³-hybridized carbons (Fsp3) is 0.118. The van der Waals surface area contributed by atoms with Crippen LogP contribution < -0.4 is 14.8 Å². The number of carbonyl (C=O) groups is 1. The van der Waals surface area contributed by atoms with Gasteiger partial charge in [0, 0.05) is 10.0 Å². The van der Waals surface area contributed by atoms with Crippen molar-refractivity contribution >= 4 is 27.8 Å². The van der Waals surface area contributed by atoms with Gasteiger partial charge in [0.25, 0.3) is 5.91 Å². The molecule has 0 radical (unpaired) electrons. The first kappa shape index (κ1) is 17.0. The number of carbonyl (C=O) groups excluding carboxylic acids is 1. The fourth-order valence-electron chi connectivity index (χ4n) is 2.13. The zero-order valence-corrected chi connectivity index (χ0v) is 14.9. The van der Waals surface area contributed by atoms with Gasteiger partial charge < -0.3 is 9.47 Å². The molecule has 7 nitrogen and oxygen atoms in total. The van der Waals surface area contributed by atoms with Crippen molar-refractivity contribution < 1.29 is 14.3 Å². The minimum Gasteiger partial charge on any atom is -0.493 e. The van der Waals surface area contributed by atoms with Crippen molar-refractivity contribution in [2.75, 3.05) is 19.0 Å². The number of aromatic nitrogens is 3. The van der Waals surface area contributed by atoms with E-state index in [4.69, 9.17) is 9.47 Å². The summed E-state index contributed by atoms with van der Waals surface area (Å²) in [6.07, 6.45) is 0. The van der Waals surface area contributed by atoms with E-state index in [-0.39, 0.29) is 18.5 Å². The maximum Gasteiger partial charge on any atom is 0.264 e. The number of nitrogens with one attached hydrogen (secondary N) is 2. The Balaban J connectivity index is 1.61. The summed E-state index contributed by atoms with van der Waals surface area (Å²) in [4.78, 5) is 16.3. The van der Waals surface area contributed by atoms with Crippen LogP contribution in [0.3, 0.4) is 0 Å². The number of hydrogen-bond acceptors (Lipinski definition) is 5. The van der Waals surface area contributed by atoms with Gasteiger partial charge in [0.1, 0.15) is 0 Å². The van der Waals surface area contributed by atoms with Crippen molar-refractivity contribution in [2.45, 2.75) is 0 Å². The summed E-state index contributed by atoms with van der Waals surface area (Å²) in [6, 6.07) is 14.7. The molecule has 0 atom stereocenters. The lowest BCUT2D eigenvalue weighted by Gasteiger charge is -2.09. The molecule has 0 aliphatic heterocycles. The van der Waals surface area contributed by atoms with E-state index in [1.807, 2.05) is 30.3 Å². The normalized spacial score (nSPS) is 10.3. The Labute approximate surface area is 152 Å². The molecule has 2 aromatic carbocycles. The van der Waals surface area contributed by atoms with E-state index in [9.17, 15) is 4.79 Å². The Kier molecular flexibility index (Phi) is 5.30. The van der Waals surface area contributed by atoms with Gasteiger partial charge >= 0.3 is 0 Å². The first-order chi connectivity index (χ1) is 12.2. The van der Waals surface area contributed by atoms with Crippen LogP contribution in [0, 0.1) is 0 Å². The number of methoxy groups -OCH3 is 1. The molecular formula is C17H15BrN4O3. The predicted molar refractivity (Wildman–Crippen MR) is 96.6 cm³/mol.